The molecule has 5 nitrogen and oxygen atoms in total. The zero-order valence-electron chi connectivity index (χ0n) is 18.1. The molecule has 2 aliphatic heterocycles. The van der Waals surface area contributed by atoms with Crippen molar-refractivity contribution in [1.29, 1.82) is 0 Å². The summed E-state index contributed by atoms with van der Waals surface area (Å²) in [4.78, 5) is 0. The molecule has 0 aliphatic carbocycles. The average Bonchev–Trinajstić information content (AvgIpc) is 3.21. The minimum Gasteiger partial charge on any atom is -0.497 e. The van der Waals surface area contributed by atoms with E-state index in [-0.39, 0.29) is 18.0 Å². The van der Waals surface area contributed by atoms with Crippen LogP contribution in [0.1, 0.15) is 40.3 Å². The maximum Gasteiger partial charge on any atom is 0.129 e. The van der Waals surface area contributed by atoms with Crippen molar-refractivity contribution >= 4 is 11.4 Å². The van der Waals surface area contributed by atoms with Gasteiger partial charge < -0.3 is 24.8 Å². The molecule has 2 heterocycles. The molecular weight excluding hydrogens is 388 g/mol. The third-order valence-corrected chi connectivity index (χ3v) is 6.51. The van der Waals surface area contributed by atoms with Gasteiger partial charge in [0.25, 0.3) is 0 Å². The van der Waals surface area contributed by atoms with Crippen LogP contribution in [-0.2, 0) is 11.2 Å². The number of fused-ring (bicyclic) bond motifs is 5. The topological polar surface area (TPSA) is 51.8 Å². The van der Waals surface area contributed by atoms with Gasteiger partial charge in [0.05, 0.1) is 32.9 Å². The Morgan fingerprint density at radius 2 is 1.52 bits per heavy atom. The number of benzene rings is 3. The summed E-state index contributed by atoms with van der Waals surface area (Å²) in [6.45, 7) is 0.699. The summed E-state index contributed by atoms with van der Waals surface area (Å²) in [6, 6.07) is 21.5. The van der Waals surface area contributed by atoms with Crippen molar-refractivity contribution in [2.75, 3.05) is 38.6 Å². The summed E-state index contributed by atoms with van der Waals surface area (Å²) in [5.74, 6) is 1.85. The summed E-state index contributed by atoms with van der Waals surface area (Å²) in [7, 11) is 5.16. The van der Waals surface area contributed by atoms with E-state index in [1.807, 2.05) is 6.07 Å². The van der Waals surface area contributed by atoms with Crippen LogP contribution < -0.4 is 20.1 Å². The van der Waals surface area contributed by atoms with E-state index in [1.54, 1.807) is 21.3 Å². The second-order valence-corrected chi connectivity index (χ2v) is 8.09. The first-order valence-corrected chi connectivity index (χ1v) is 10.7. The van der Waals surface area contributed by atoms with Crippen LogP contribution in [0.4, 0.5) is 11.4 Å². The highest BCUT2D eigenvalue weighted by molar-refractivity contribution is 5.73. The van der Waals surface area contributed by atoms with Gasteiger partial charge in [0.2, 0.25) is 0 Å². The normalized spacial score (nSPS) is 20.7. The van der Waals surface area contributed by atoms with Crippen LogP contribution in [0.3, 0.4) is 0 Å². The van der Waals surface area contributed by atoms with Gasteiger partial charge in [-0.2, -0.15) is 0 Å². The first-order chi connectivity index (χ1) is 15.2. The molecule has 2 N–H and O–H groups in total. The predicted octanol–water partition coefficient (Wildman–Crippen LogP) is 5.31. The Balaban J connectivity index is 1.69. The van der Waals surface area contributed by atoms with Gasteiger partial charge >= 0.3 is 0 Å². The number of nitrogens with one attached hydrogen (secondary N) is 2. The molecule has 3 aromatic carbocycles. The lowest BCUT2D eigenvalue weighted by Gasteiger charge is -2.39. The molecule has 3 aromatic rings. The fraction of sp³-hybridized carbons (Fsp3) is 0.308. The Morgan fingerprint density at radius 1 is 0.774 bits per heavy atom. The Hall–Kier alpha value is -3.18. The maximum absolute atomic E-state index is 5.80. The molecule has 2 aliphatic rings. The lowest BCUT2D eigenvalue weighted by molar-refractivity contribution is 0.202. The lowest BCUT2D eigenvalue weighted by atomic mass is 9.76. The fourth-order valence-corrected chi connectivity index (χ4v) is 5.11. The zero-order chi connectivity index (χ0) is 21.4. The number of rotatable bonds is 6. The largest absolute Gasteiger partial charge is 0.497 e. The van der Waals surface area contributed by atoms with E-state index >= 15 is 0 Å². The first-order valence-electron chi connectivity index (χ1n) is 10.7. The Morgan fingerprint density at radius 3 is 2.29 bits per heavy atom. The molecule has 0 saturated carbocycles. The summed E-state index contributed by atoms with van der Waals surface area (Å²) in [6.07, 6.45) is 0.881. The van der Waals surface area contributed by atoms with Crippen LogP contribution in [0.15, 0.2) is 60.7 Å². The highest BCUT2D eigenvalue weighted by atomic mass is 16.5. The lowest BCUT2D eigenvalue weighted by Crippen LogP contribution is -2.31. The Bertz CT molecular complexity index is 1100. The molecule has 0 amide bonds. The van der Waals surface area contributed by atoms with Crippen molar-refractivity contribution in [3.05, 3.63) is 82.9 Å². The number of para-hydroxylation sites is 1. The van der Waals surface area contributed by atoms with Crippen LogP contribution in [0.5, 0.6) is 11.5 Å². The minimum atomic E-state index is 0.106. The molecule has 31 heavy (non-hydrogen) atoms. The van der Waals surface area contributed by atoms with E-state index in [0.29, 0.717) is 6.61 Å². The van der Waals surface area contributed by atoms with Gasteiger partial charge in [0.15, 0.2) is 0 Å². The standard InChI is InChI=1S/C26H28N2O3/c1-29-13-12-16-8-4-5-9-18(16)25-23-19-10-6-7-11-20(19)27-26(23)24-21(28-25)14-17(30-2)15-22(24)31-3/h4-11,14-15,23,25-28H,12-13H2,1-3H3/t23-,25+,26-/m1/s1. The van der Waals surface area contributed by atoms with Crippen molar-refractivity contribution in [3.63, 3.8) is 0 Å². The summed E-state index contributed by atoms with van der Waals surface area (Å²) in [5.41, 5.74) is 7.32. The molecule has 0 fully saturated rings. The predicted molar refractivity (Wildman–Crippen MR) is 123 cm³/mol. The van der Waals surface area contributed by atoms with E-state index < -0.39 is 0 Å². The summed E-state index contributed by atoms with van der Waals surface area (Å²) in [5, 5.41) is 7.63. The molecule has 160 valence electrons. The first kappa shape index (κ1) is 19.8. The third kappa shape index (κ3) is 3.29. The van der Waals surface area contributed by atoms with E-state index in [9.17, 15) is 0 Å². The van der Waals surface area contributed by atoms with Crippen LogP contribution in [-0.4, -0.2) is 27.9 Å². The van der Waals surface area contributed by atoms with E-state index in [2.05, 4.69) is 65.2 Å². The highest BCUT2D eigenvalue weighted by Gasteiger charge is 2.45. The van der Waals surface area contributed by atoms with Gasteiger partial charge in [-0.15, -0.1) is 0 Å². The Labute approximate surface area is 183 Å². The van der Waals surface area contributed by atoms with Gasteiger partial charge in [-0.25, -0.2) is 0 Å². The number of ether oxygens (including phenoxy) is 3. The molecule has 3 atom stereocenters. The van der Waals surface area contributed by atoms with Gasteiger partial charge in [-0.05, 0) is 29.2 Å². The summed E-state index contributed by atoms with van der Waals surface area (Å²) < 4.78 is 16.7. The third-order valence-electron chi connectivity index (χ3n) is 6.51. The second kappa shape index (κ2) is 8.16. The second-order valence-electron chi connectivity index (χ2n) is 8.09. The van der Waals surface area contributed by atoms with Crippen LogP contribution in [0, 0.1) is 0 Å². The van der Waals surface area contributed by atoms with Crippen molar-refractivity contribution < 1.29 is 14.2 Å². The minimum absolute atomic E-state index is 0.106. The molecular formula is C26H28N2O3. The molecule has 0 aromatic heterocycles. The molecule has 0 unspecified atom stereocenters. The smallest absolute Gasteiger partial charge is 0.129 e. The van der Waals surface area contributed by atoms with E-state index in [0.717, 1.165) is 29.2 Å². The average molecular weight is 417 g/mol. The number of hydrogen-bond donors (Lipinski definition) is 2. The molecule has 5 heteroatoms. The number of hydrogen-bond acceptors (Lipinski definition) is 5. The Kier molecular flexibility index (Phi) is 5.20. The van der Waals surface area contributed by atoms with Gasteiger partial charge in [0, 0.05) is 42.1 Å². The van der Waals surface area contributed by atoms with Gasteiger partial charge in [-0.1, -0.05) is 42.5 Å². The van der Waals surface area contributed by atoms with Gasteiger partial charge in [-0.3, -0.25) is 0 Å². The molecule has 0 spiro atoms. The van der Waals surface area contributed by atoms with E-state index in [1.165, 1.54) is 22.4 Å². The van der Waals surface area contributed by atoms with Crippen molar-refractivity contribution in [2.45, 2.75) is 24.4 Å². The SMILES string of the molecule is COCCc1ccccc1[C@@H]1Nc2cc(OC)cc(OC)c2[C@@H]2Nc3ccccc3[C@H]12. The van der Waals surface area contributed by atoms with E-state index in [4.69, 9.17) is 14.2 Å². The van der Waals surface area contributed by atoms with Crippen LogP contribution >= 0.6 is 0 Å². The van der Waals surface area contributed by atoms with Crippen molar-refractivity contribution in [3.8, 4) is 11.5 Å². The molecule has 0 saturated heterocycles. The molecule has 0 bridgehead atoms. The molecule has 0 radical (unpaired) electrons. The number of anilines is 2. The quantitative estimate of drug-likeness (QED) is 0.570. The highest BCUT2D eigenvalue weighted by Crippen LogP contribution is 2.58. The van der Waals surface area contributed by atoms with Crippen molar-refractivity contribution in [2.24, 2.45) is 0 Å². The van der Waals surface area contributed by atoms with Crippen LogP contribution in [0.2, 0.25) is 0 Å². The summed E-state index contributed by atoms with van der Waals surface area (Å²) >= 11 is 0. The van der Waals surface area contributed by atoms with Crippen molar-refractivity contribution in [1.82, 2.24) is 0 Å². The zero-order valence-corrected chi connectivity index (χ0v) is 18.1. The fourth-order valence-electron chi connectivity index (χ4n) is 5.11. The molecule has 5 rings (SSSR count). The monoisotopic (exact) mass is 416 g/mol. The number of methoxy groups -OCH3 is 3. The maximum atomic E-state index is 5.80. The van der Waals surface area contributed by atoms with Crippen LogP contribution in [0.25, 0.3) is 0 Å². The van der Waals surface area contributed by atoms with Gasteiger partial charge in [0.1, 0.15) is 11.5 Å².